The first-order chi connectivity index (χ1) is 31.9. The molecular weight excluding hydrogens is 819 g/mol. The Labute approximate surface area is 406 Å². The van der Waals surface area contributed by atoms with Gasteiger partial charge in [-0.1, -0.05) is 142 Å². The Morgan fingerprint density at radius 2 is 1.48 bits per heavy atom. The Balaban J connectivity index is 0.922. The summed E-state index contributed by atoms with van der Waals surface area (Å²) in [5.74, 6) is 4.27. The maximum Gasteiger partial charge on any atom is 0.306 e. The van der Waals surface area contributed by atoms with Gasteiger partial charge in [-0.25, -0.2) is 0 Å². The molecule has 1 heterocycles. The molecule has 5 unspecified atom stereocenters. The third-order valence-corrected chi connectivity index (χ3v) is 18.0. The average molecular weight is 922 g/mol. The van der Waals surface area contributed by atoms with Crippen molar-refractivity contribution in [1.82, 2.24) is 4.90 Å². The van der Waals surface area contributed by atoms with E-state index in [9.17, 15) is 9.59 Å². The van der Waals surface area contributed by atoms with Crippen LogP contribution in [-0.4, -0.2) is 74.6 Å². The summed E-state index contributed by atoms with van der Waals surface area (Å²) in [5, 5.41) is 0. The van der Waals surface area contributed by atoms with Gasteiger partial charge in [0.05, 0.1) is 32.2 Å². The lowest BCUT2D eigenvalue weighted by atomic mass is 9.47. The van der Waals surface area contributed by atoms with E-state index in [-0.39, 0.29) is 49.0 Å². The first-order valence-corrected chi connectivity index (χ1v) is 28.6. The zero-order valence-electron chi connectivity index (χ0n) is 44.1. The highest BCUT2D eigenvalue weighted by atomic mass is 16.6. The zero-order chi connectivity index (χ0) is 47.2. The highest BCUT2D eigenvalue weighted by molar-refractivity contribution is 5.77. The molecule has 0 aromatic carbocycles. The number of esters is 2. The number of carbonyl (C=O) groups is 2. The van der Waals surface area contributed by atoms with Gasteiger partial charge in [-0.3, -0.25) is 14.5 Å². The minimum absolute atomic E-state index is 0.0431. The number of ether oxygens (including phenoxy) is 4. The predicted molar refractivity (Wildman–Crippen MR) is 273 cm³/mol. The molecule has 0 aromatic heterocycles. The van der Waals surface area contributed by atoms with Crippen LogP contribution in [0.4, 0.5) is 0 Å². The number of unbranched alkanes of at least 4 members (excludes halogenated alkanes) is 12. The lowest BCUT2D eigenvalue weighted by molar-refractivity contribution is -0.156. The largest absolute Gasteiger partial charge is 0.463 e. The second-order valence-electron chi connectivity index (χ2n) is 23.4. The van der Waals surface area contributed by atoms with Crippen LogP contribution < -0.4 is 0 Å². The van der Waals surface area contributed by atoms with Crippen LogP contribution in [0.5, 0.6) is 0 Å². The van der Waals surface area contributed by atoms with Gasteiger partial charge in [0.1, 0.15) is 12.7 Å². The Bertz CT molecular complexity index is 1440. The number of carbonyl (C=O) groups excluding carboxylic acids is 2. The van der Waals surface area contributed by atoms with E-state index in [0.717, 1.165) is 80.9 Å². The molecule has 7 nitrogen and oxygen atoms in total. The highest BCUT2D eigenvalue weighted by Gasteiger charge is 2.59. The Morgan fingerprint density at radius 3 is 2.20 bits per heavy atom. The molecule has 380 valence electrons. The number of rotatable bonds is 33. The SMILES string of the molecule is CCCCCCCC/C=C\CCCCCCCCOC[C@@H](CN1CCC[C@H]1C)OCCOC(=O)CCC(=O)O[C@H]1CC[C@@]2(C)C(=CCC3C4CCC(C(C)CCCC(C)C)[C@@]4(C)CCC32)C1. The molecule has 1 saturated heterocycles. The molecule has 0 bridgehead atoms. The second-order valence-corrected chi connectivity index (χ2v) is 23.4. The van der Waals surface area contributed by atoms with Crippen molar-refractivity contribution in [1.29, 1.82) is 0 Å². The summed E-state index contributed by atoms with van der Waals surface area (Å²) in [7, 11) is 0. The second kappa shape index (κ2) is 29.5. The van der Waals surface area contributed by atoms with Crippen LogP contribution >= 0.6 is 0 Å². The Kier molecular flexibility index (Phi) is 24.7. The normalized spacial score (nSPS) is 29.7. The van der Waals surface area contributed by atoms with Crippen LogP contribution in [0.25, 0.3) is 0 Å². The Morgan fingerprint density at radius 1 is 0.773 bits per heavy atom. The third kappa shape index (κ3) is 17.3. The zero-order valence-corrected chi connectivity index (χ0v) is 44.1. The summed E-state index contributed by atoms with van der Waals surface area (Å²) in [6.45, 7) is 20.9. The van der Waals surface area contributed by atoms with Gasteiger partial charge >= 0.3 is 11.9 Å². The van der Waals surface area contributed by atoms with Gasteiger partial charge in [-0.15, -0.1) is 0 Å². The minimum atomic E-state index is -0.364. The average Bonchev–Trinajstić information content (AvgIpc) is 3.87. The molecule has 4 fully saturated rings. The number of fused-ring (bicyclic) bond motifs is 5. The minimum Gasteiger partial charge on any atom is -0.463 e. The Hall–Kier alpha value is -1.70. The fourth-order valence-corrected chi connectivity index (χ4v) is 14.0. The fourth-order valence-electron chi connectivity index (χ4n) is 14.0. The van der Waals surface area contributed by atoms with Crippen molar-refractivity contribution in [2.75, 3.05) is 39.5 Å². The first kappa shape index (κ1) is 55.2. The lowest BCUT2D eigenvalue weighted by Gasteiger charge is -2.58. The van der Waals surface area contributed by atoms with Gasteiger partial charge in [0, 0.05) is 25.6 Å². The summed E-state index contributed by atoms with van der Waals surface area (Å²) in [6, 6.07) is 0.557. The fraction of sp³-hybridized carbons (Fsp3) is 0.898. The van der Waals surface area contributed by atoms with E-state index in [1.54, 1.807) is 0 Å². The standard InChI is InChI=1S/C59H103NO6/c1-8-9-10-11-12-13-14-15-16-17-18-19-20-21-22-23-40-63-45-51(44-60-39-25-28-48(60)5)64-41-42-65-56(61)33-34-57(62)66-50-35-37-58(6)49(43-50)29-30-52-54-32-31-53(47(4)27-24-26-46(2)3)59(54,7)38-36-55(52)58/h15-16,29,46-48,50-55H,8-14,17-28,30-45H2,1-7H3/b16-15-/t47?,48-,50+,51-,52?,53?,54?,55?,58+,59-/m1/s1. The number of hydrogen-bond acceptors (Lipinski definition) is 7. The third-order valence-electron chi connectivity index (χ3n) is 18.0. The molecule has 0 amide bonds. The molecular formula is C59H103NO6. The van der Waals surface area contributed by atoms with Crippen molar-refractivity contribution in [3.8, 4) is 0 Å². The molecule has 0 radical (unpaired) electrons. The van der Waals surface area contributed by atoms with E-state index in [0.29, 0.717) is 24.7 Å². The van der Waals surface area contributed by atoms with Crippen LogP contribution in [0.15, 0.2) is 23.8 Å². The van der Waals surface area contributed by atoms with Gasteiger partial charge in [0.2, 0.25) is 0 Å². The molecule has 10 atom stereocenters. The molecule has 5 rings (SSSR count). The van der Waals surface area contributed by atoms with Gasteiger partial charge < -0.3 is 18.9 Å². The van der Waals surface area contributed by atoms with E-state index in [1.807, 2.05) is 0 Å². The van der Waals surface area contributed by atoms with E-state index < -0.39 is 0 Å². The number of nitrogens with zero attached hydrogens (tertiary/aromatic N) is 1. The van der Waals surface area contributed by atoms with Crippen LogP contribution in [-0.2, 0) is 28.5 Å². The van der Waals surface area contributed by atoms with Crippen LogP contribution in [0.1, 0.15) is 235 Å². The maximum atomic E-state index is 13.0. The monoisotopic (exact) mass is 922 g/mol. The van der Waals surface area contributed by atoms with Gasteiger partial charge in [0.25, 0.3) is 0 Å². The molecule has 1 aliphatic heterocycles. The predicted octanol–water partition coefficient (Wildman–Crippen LogP) is 15.2. The number of hydrogen-bond donors (Lipinski definition) is 0. The van der Waals surface area contributed by atoms with Crippen molar-refractivity contribution in [3.05, 3.63) is 23.8 Å². The molecule has 7 heteroatoms. The van der Waals surface area contributed by atoms with Gasteiger partial charge in [0.15, 0.2) is 0 Å². The summed E-state index contributed by atoms with van der Waals surface area (Å²) < 4.78 is 24.0. The van der Waals surface area contributed by atoms with Crippen LogP contribution in [0.3, 0.4) is 0 Å². The van der Waals surface area contributed by atoms with Crippen molar-refractivity contribution in [2.24, 2.45) is 46.3 Å². The molecule has 5 aliphatic rings. The van der Waals surface area contributed by atoms with Crippen molar-refractivity contribution in [3.63, 3.8) is 0 Å². The van der Waals surface area contributed by atoms with Crippen molar-refractivity contribution >= 4 is 11.9 Å². The van der Waals surface area contributed by atoms with E-state index in [1.165, 1.54) is 153 Å². The summed E-state index contributed by atoms with van der Waals surface area (Å²) in [6.07, 6.45) is 41.8. The molecule has 0 N–H and O–H groups in total. The summed E-state index contributed by atoms with van der Waals surface area (Å²) >= 11 is 0. The number of allylic oxidation sites excluding steroid dienone is 3. The van der Waals surface area contributed by atoms with E-state index in [2.05, 4.69) is 71.6 Å². The van der Waals surface area contributed by atoms with Crippen molar-refractivity contribution in [2.45, 2.75) is 253 Å². The molecule has 0 aromatic rings. The van der Waals surface area contributed by atoms with Gasteiger partial charge in [-0.2, -0.15) is 0 Å². The summed E-state index contributed by atoms with van der Waals surface area (Å²) in [5.41, 5.74) is 2.25. The maximum absolute atomic E-state index is 13.0. The molecule has 0 spiro atoms. The summed E-state index contributed by atoms with van der Waals surface area (Å²) in [4.78, 5) is 28.3. The smallest absolute Gasteiger partial charge is 0.306 e. The van der Waals surface area contributed by atoms with Crippen molar-refractivity contribution < 1.29 is 28.5 Å². The highest BCUT2D eigenvalue weighted by Crippen LogP contribution is 2.67. The molecule has 4 aliphatic carbocycles. The topological polar surface area (TPSA) is 74.3 Å². The van der Waals surface area contributed by atoms with Crippen LogP contribution in [0.2, 0.25) is 0 Å². The number of likely N-dealkylation sites (tertiary alicyclic amines) is 1. The first-order valence-electron chi connectivity index (χ1n) is 28.6. The van der Waals surface area contributed by atoms with Crippen LogP contribution in [0, 0.1) is 46.3 Å². The van der Waals surface area contributed by atoms with Gasteiger partial charge in [-0.05, 0) is 150 Å². The van der Waals surface area contributed by atoms with E-state index >= 15 is 0 Å². The molecule has 3 saturated carbocycles. The molecule has 66 heavy (non-hydrogen) atoms. The lowest BCUT2D eigenvalue weighted by Crippen LogP contribution is -2.51. The quantitative estimate of drug-likeness (QED) is 0.0369. The van der Waals surface area contributed by atoms with E-state index in [4.69, 9.17) is 18.9 Å².